The van der Waals surface area contributed by atoms with Crippen molar-refractivity contribution < 1.29 is 0 Å². The van der Waals surface area contributed by atoms with E-state index in [0.29, 0.717) is 5.56 Å². The van der Waals surface area contributed by atoms with Gasteiger partial charge in [-0.15, -0.1) is 0 Å². The Morgan fingerprint density at radius 2 is 2.44 bits per heavy atom. The lowest BCUT2D eigenvalue weighted by atomic mass is 10.3. The first kappa shape index (κ1) is 6.13. The summed E-state index contributed by atoms with van der Waals surface area (Å²) in [4.78, 5) is 0. The van der Waals surface area contributed by atoms with Gasteiger partial charge in [-0.2, -0.15) is 5.26 Å². The van der Waals surface area contributed by atoms with Crippen molar-refractivity contribution in [2.24, 2.45) is 0 Å². The summed E-state index contributed by atoms with van der Waals surface area (Å²) in [6, 6.07) is 10.7. The molecule has 0 radical (unpaired) electrons. The Morgan fingerprint density at radius 1 is 1.67 bits per heavy atom. The van der Waals surface area contributed by atoms with Gasteiger partial charge in [-0.1, -0.05) is 6.07 Å². The molecule has 0 amide bonds. The predicted octanol–water partition coefficient (Wildman–Crippen LogP) is 1.92. The molecule has 0 aliphatic carbocycles. The third-order valence-corrected chi connectivity index (χ3v) is 1.52. The molecule has 0 saturated carbocycles. The van der Waals surface area contributed by atoms with E-state index in [1.54, 1.807) is 12.1 Å². The Labute approximate surface area is 62.1 Å². The number of rotatable bonds is 0. The Bertz CT molecular complexity index is 249. The van der Waals surface area contributed by atoms with Crippen molar-refractivity contribution in [3.05, 3.63) is 34.3 Å². The summed E-state index contributed by atoms with van der Waals surface area (Å²) in [6.45, 7) is 0. The molecule has 0 N–H and O–H groups in total. The summed E-state index contributed by atoms with van der Waals surface area (Å²) in [7, 11) is 0. The van der Waals surface area contributed by atoms with Crippen LogP contribution in [0.25, 0.3) is 0 Å². The largest absolute Gasteiger partial charge is 0.192 e. The number of hydrogen-bond donors (Lipinski definition) is 0. The second-order valence-electron chi connectivity index (χ2n) is 1.44. The first-order valence-corrected chi connectivity index (χ1v) is 3.12. The van der Waals surface area contributed by atoms with Gasteiger partial charge in [-0.05, 0) is 34.1 Å². The number of hydrogen-bond acceptors (Lipinski definition) is 1. The fourth-order valence-corrected chi connectivity index (χ4v) is 0.773. The van der Waals surface area contributed by atoms with Crippen LogP contribution in [0.1, 0.15) is 5.56 Å². The number of nitriles is 1. The van der Waals surface area contributed by atoms with Crippen molar-refractivity contribution in [2.75, 3.05) is 0 Å². The normalized spacial score (nSPS) is 7.56. The molecule has 0 fully saturated rings. The molecule has 0 bridgehead atoms. The zero-order chi connectivity index (χ0) is 6.69. The van der Waals surface area contributed by atoms with Gasteiger partial charge in [0, 0.05) is 4.47 Å². The van der Waals surface area contributed by atoms with Crippen molar-refractivity contribution in [1.82, 2.24) is 0 Å². The van der Waals surface area contributed by atoms with E-state index in [9.17, 15) is 0 Å². The average molecular weight is 180 g/mol. The van der Waals surface area contributed by atoms with Gasteiger partial charge in [0.2, 0.25) is 0 Å². The summed E-state index contributed by atoms with van der Waals surface area (Å²) >= 11 is 3.18. The quantitative estimate of drug-likeness (QED) is 0.598. The molecule has 1 rings (SSSR count). The fraction of sp³-hybridized carbons (Fsp3) is 0. The molecule has 0 heterocycles. The maximum Gasteiger partial charge on any atom is 0.116 e. The van der Waals surface area contributed by atoms with Gasteiger partial charge in [0.25, 0.3) is 0 Å². The lowest BCUT2D eigenvalue weighted by Crippen LogP contribution is -1.69. The second kappa shape index (κ2) is 2.53. The molecule has 0 saturated heterocycles. The third-order valence-electron chi connectivity index (χ3n) is 0.861. The topological polar surface area (TPSA) is 23.8 Å². The van der Waals surface area contributed by atoms with Crippen LogP contribution in [0.15, 0.2) is 16.6 Å². The van der Waals surface area contributed by atoms with Gasteiger partial charge in [-0.3, -0.25) is 0 Å². The highest BCUT2D eigenvalue weighted by molar-refractivity contribution is 9.10. The molecule has 1 nitrogen and oxygen atoms in total. The smallest absolute Gasteiger partial charge is 0.116 e. The van der Waals surface area contributed by atoms with Crippen molar-refractivity contribution in [3.8, 4) is 6.07 Å². The standard InChI is InChI=1S/C7H2BrN/c8-7-4-2-1-3-6(7)5-9/h2,4H. The Hall–Kier alpha value is -0.990. The van der Waals surface area contributed by atoms with Crippen LogP contribution in [0.4, 0.5) is 0 Å². The molecule has 42 valence electrons. The lowest BCUT2D eigenvalue weighted by molar-refractivity contribution is 1.47. The monoisotopic (exact) mass is 179 g/mol. The molecule has 0 aliphatic heterocycles. The zero-order valence-corrected chi connectivity index (χ0v) is 6.07. The molecule has 0 spiro atoms. The van der Waals surface area contributed by atoms with E-state index in [4.69, 9.17) is 5.26 Å². The lowest BCUT2D eigenvalue weighted by Gasteiger charge is -1.83. The number of nitrogens with zero attached hydrogens (tertiary/aromatic N) is 1. The minimum Gasteiger partial charge on any atom is -0.192 e. The molecule has 2 heteroatoms. The van der Waals surface area contributed by atoms with E-state index in [0.717, 1.165) is 4.47 Å². The van der Waals surface area contributed by atoms with Crippen LogP contribution in [0.2, 0.25) is 0 Å². The minimum atomic E-state index is 0.498. The van der Waals surface area contributed by atoms with Crippen molar-refractivity contribution in [2.45, 2.75) is 0 Å². The molecule has 0 aromatic heterocycles. The van der Waals surface area contributed by atoms with Crippen molar-refractivity contribution >= 4 is 15.9 Å². The van der Waals surface area contributed by atoms with Crippen LogP contribution in [0.5, 0.6) is 0 Å². The Kier molecular flexibility index (Phi) is 1.72. The van der Waals surface area contributed by atoms with E-state index in [1.807, 2.05) is 6.07 Å². The molecule has 9 heavy (non-hydrogen) atoms. The summed E-state index contributed by atoms with van der Waals surface area (Å²) in [6.07, 6.45) is 0. The fourth-order valence-electron chi connectivity index (χ4n) is 0.453. The van der Waals surface area contributed by atoms with E-state index < -0.39 is 0 Å². The second-order valence-corrected chi connectivity index (χ2v) is 2.29. The summed E-state index contributed by atoms with van der Waals surface area (Å²) in [5.41, 5.74) is 0.498. The van der Waals surface area contributed by atoms with Gasteiger partial charge < -0.3 is 0 Å². The van der Waals surface area contributed by atoms with Crippen LogP contribution in [-0.4, -0.2) is 0 Å². The van der Waals surface area contributed by atoms with Crippen LogP contribution >= 0.6 is 15.9 Å². The molecule has 0 atom stereocenters. The maximum absolute atomic E-state index is 8.39. The average Bonchev–Trinajstić information content (AvgIpc) is 1.89. The van der Waals surface area contributed by atoms with E-state index in [2.05, 4.69) is 28.1 Å². The van der Waals surface area contributed by atoms with Gasteiger partial charge in [-0.25, -0.2) is 0 Å². The molecule has 1 aromatic carbocycles. The zero-order valence-electron chi connectivity index (χ0n) is 4.48. The highest BCUT2D eigenvalue weighted by Crippen LogP contribution is 2.10. The maximum atomic E-state index is 8.39. The first-order valence-electron chi connectivity index (χ1n) is 2.32. The highest BCUT2D eigenvalue weighted by Gasteiger charge is 1.91. The molecular weight excluding hydrogens is 178 g/mol. The SMILES string of the molecule is N#Cc1c#cccc1Br. The van der Waals surface area contributed by atoms with Crippen LogP contribution < -0.4 is 0 Å². The first-order chi connectivity index (χ1) is 4.34. The van der Waals surface area contributed by atoms with Gasteiger partial charge >= 0.3 is 0 Å². The van der Waals surface area contributed by atoms with E-state index in [-0.39, 0.29) is 0 Å². The predicted molar refractivity (Wildman–Crippen MR) is 36.5 cm³/mol. The number of halogens is 1. The summed E-state index contributed by atoms with van der Waals surface area (Å²) < 4.78 is 0.767. The molecule has 0 aliphatic rings. The summed E-state index contributed by atoms with van der Waals surface area (Å²) in [5.74, 6) is 0. The Morgan fingerprint density at radius 3 is 2.89 bits per heavy atom. The van der Waals surface area contributed by atoms with Crippen molar-refractivity contribution in [3.63, 3.8) is 0 Å². The Balaban J connectivity index is 3.20. The van der Waals surface area contributed by atoms with E-state index in [1.165, 1.54) is 0 Å². The minimum absolute atomic E-state index is 0.498. The molecule has 1 aromatic rings. The van der Waals surface area contributed by atoms with Crippen LogP contribution in [0, 0.1) is 23.5 Å². The van der Waals surface area contributed by atoms with Crippen LogP contribution in [-0.2, 0) is 0 Å². The third kappa shape index (κ3) is 1.22. The van der Waals surface area contributed by atoms with Gasteiger partial charge in [0.05, 0.1) is 0 Å². The highest BCUT2D eigenvalue weighted by atomic mass is 79.9. The molecular formula is C7H2BrN. The van der Waals surface area contributed by atoms with Gasteiger partial charge in [0.15, 0.2) is 0 Å². The molecule has 0 unspecified atom stereocenters. The van der Waals surface area contributed by atoms with E-state index >= 15 is 0 Å². The summed E-state index contributed by atoms with van der Waals surface area (Å²) in [5, 5.41) is 8.39. The van der Waals surface area contributed by atoms with Gasteiger partial charge in [0.1, 0.15) is 11.6 Å². The van der Waals surface area contributed by atoms with Crippen LogP contribution in [0.3, 0.4) is 0 Å². The van der Waals surface area contributed by atoms with Crippen molar-refractivity contribution in [1.29, 1.82) is 5.26 Å².